The number of hydrogen-bond acceptors (Lipinski definition) is 2. The van der Waals surface area contributed by atoms with Crippen molar-refractivity contribution in [2.75, 3.05) is 26.7 Å². The molecule has 1 atom stereocenters. The van der Waals surface area contributed by atoms with Crippen LogP contribution in [0.2, 0.25) is 0 Å². The van der Waals surface area contributed by atoms with Gasteiger partial charge in [0.1, 0.15) is 0 Å². The molecule has 150 valence electrons. The van der Waals surface area contributed by atoms with E-state index in [2.05, 4.69) is 52.7 Å². The summed E-state index contributed by atoms with van der Waals surface area (Å²) in [5, 5.41) is 3.25. The molecule has 0 saturated carbocycles. The average molecular weight is 399 g/mol. The van der Waals surface area contributed by atoms with Gasteiger partial charge in [0.25, 0.3) is 0 Å². The smallest absolute Gasteiger partial charge is 0.222 e. The molecule has 1 saturated heterocycles. The lowest BCUT2D eigenvalue weighted by molar-refractivity contribution is -0.133. The minimum Gasteiger partial charge on any atom is -0.342 e. The van der Waals surface area contributed by atoms with Gasteiger partial charge in [0.2, 0.25) is 5.91 Å². The van der Waals surface area contributed by atoms with E-state index in [-0.39, 0.29) is 12.4 Å². The van der Waals surface area contributed by atoms with Crippen LogP contribution in [0.5, 0.6) is 0 Å². The first-order valence-corrected chi connectivity index (χ1v) is 10.4. The number of benzene rings is 2. The van der Waals surface area contributed by atoms with Crippen molar-refractivity contribution in [3.05, 3.63) is 59.2 Å². The van der Waals surface area contributed by atoms with E-state index in [1.54, 1.807) is 0 Å². The summed E-state index contributed by atoms with van der Waals surface area (Å²) in [7, 11) is 2.00. The second kappa shape index (κ2) is 9.58. The Morgan fingerprint density at radius 1 is 1.14 bits per heavy atom. The van der Waals surface area contributed by atoms with E-state index in [1.807, 2.05) is 7.05 Å². The number of halogens is 1. The molecule has 1 amide bonds. The van der Waals surface area contributed by atoms with Crippen molar-refractivity contribution < 1.29 is 4.79 Å². The molecule has 0 radical (unpaired) electrons. The number of piperidine rings is 1. The number of carbonyl (C=O) groups is 1. The molecule has 1 fully saturated rings. The molecule has 0 spiro atoms. The zero-order valence-corrected chi connectivity index (χ0v) is 17.6. The van der Waals surface area contributed by atoms with Gasteiger partial charge in [-0.2, -0.15) is 0 Å². The fraction of sp³-hybridized carbons (Fsp3) is 0.458. The van der Waals surface area contributed by atoms with E-state index >= 15 is 0 Å². The molecule has 4 heteroatoms. The Kier molecular flexibility index (Phi) is 7.14. The highest BCUT2D eigenvalue weighted by atomic mass is 35.5. The Morgan fingerprint density at radius 2 is 1.96 bits per heavy atom. The van der Waals surface area contributed by atoms with Crippen molar-refractivity contribution in [3.63, 3.8) is 0 Å². The molecule has 2 aromatic rings. The van der Waals surface area contributed by atoms with Crippen molar-refractivity contribution in [1.29, 1.82) is 0 Å². The minimum atomic E-state index is 0. The maximum Gasteiger partial charge on any atom is 0.222 e. The molecular formula is C24H31ClN2O. The first-order valence-electron chi connectivity index (χ1n) is 10.4. The highest BCUT2D eigenvalue weighted by molar-refractivity contribution is 5.85. The van der Waals surface area contributed by atoms with Crippen molar-refractivity contribution >= 4 is 18.3 Å². The fourth-order valence-electron chi connectivity index (χ4n) is 4.68. The Labute approximate surface area is 174 Å². The van der Waals surface area contributed by atoms with E-state index < -0.39 is 0 Å². The molecule has 0 aromatic heterocycles. The van der Waals surface area contributed by atoms with E-state index in [0.29, 0.717) is 18.2 Å². The lowest BCUT2D eigenvalue weighted by Gasteiger charge is -2.32. The van der Waals surface area contributed by atoms with Gasteiger partial charge in [0.05, 0.1) is 0 Å². The summed E-state index contributed by atoms with van der Waals surface area (Å²) in [6, 6.07) is 15.6. The number of likely N-dealkylation sites (tertiary alicyclic amines) is 1. The number of nitrogens with zero attached hydrogens (tertiary/aromatic N) is 1. The third-order valence-corrected chi connectivity index (χ3v) is 6.08. The number of rotatable bonds is 6. The molecule has 1 unspecified atom stereocenters. The summed E-state index contributed by atoms with van der Waals surface area (Å²) in [5.41, 5.74) is 6.99. The van der Waals surface area contributed by atoms with Crippen molar-refractivity contribution in [2.24, 2.45) is 5.92 Å². The van der Waals surface area contributed by atoms with Gasteiger partial charge in [-0.3, -0.25) is 4.79 Å². The summed E-state index contributed by atoms with van der Waals surface area (Å²) in [6.07, 6.45) is 6.01. The lowest BCUT2D eigenvalue weighted by atomic mass is 9.97. The summed E-state index contributed by atoms with van der Waals surface area (Å²) in [6.45, 7) is 2.88. The third-order valence-electron chi connectivity index (χ3n) is 6.08. The molecule has 1 aliphatic carbocycles. The van der Waals surface area contributed by atoms with Gasteiger partial charge in [-0.1, -0.05) is 42.5 Å². The maximum atomic E-state index is 12.6. The van der Waals surface area contributed by atoms with Crippen LogP contribution in [-0.4, -0.2) is 37.5 Å². The molecule has 4 rings (SSSR count). The van der Waals surface area contributed by atoms with E-state index in [1.165, 1.54) is 34.2 Å². The number of amides is 1. The van der Waals surface area contributed by atoms with Crippen LogP contribution in [-0.2, 0) is 17.6 Å². The Balaban J connectivity index is 0.00000225. The number of nitrogens with one attached hydrogen (secondary N) is 1. The first-order chi connectivity index (χ1) is 13.2. The van der Waals surface area contributed by atoms with Gasteiger partial charge in [-0.05, 0) is 79.4 Å². The molecule has 2 aromatic carbocycles. The van der Waals surface area contributed by atoms with Crippen LogP contribution >= 0.6 is 12.4 Å². The average Bonchev–Trinajstić information content (AvgIpc) is 3.06. The molecule has 0 bridgehead atoms. The molecule has 2 aliphatic rings. The largest absolute Gasteiger partial charge is 0.342 e. The number of aryl methyl sites for hydroxylation is 1. The van der Waals surface area contributed by atoms with Crippen molar-refractivity contribution in [3.8, 4) is 11.1 Å². The lowest BCUT2D eigenvalue weighted by Crippen LogP contribution is -2.42. The van der Waals surface area contributed by atoms with Crippen LogP contribution in [0.25, 0.3) is 11.1 Å². The van der Waals surface area contributed by atoms with Gasteiger partial charge in [0, 0.05) is 19.5 Å². The van der Waals surface area contributed by atoms with Crippen LogP contribution in [0.15, 0.2) is 42.5 Å². The molecule has 1 N–H and O–H groups in total. The molecule has 1 heterocycles. The topological polar surface area (TPSA) is 32.3 Å². The minimum absolute atomic E-state index is 0. The van der Waals surface area contributed by atoms with Gasteiger partial charge in [-0.25, -0.2) is 0 Å². The summed E-state index contributed by atoms with van der Waals surface area (Å²) in [5.74, 6) is 0.951. The van der Waals surface area contributed by atoms with Gasteiger partial charge in [-0.15, -0.1) is 12.4 Å². The monoisotopic (exact) mass is 398 g/mol. The third kappa shape index (κ3) is 4.59. The van der Waals surface area contributed by atoms with Crippen LogP contribution in [0, 0.1) is 5.92 Å². The van der Waals surface area contributed by atoms with Crippen LogP contribution in [0.4, 0.5) is 0 Å². The fourth-order valence-corrected chi connectivity index (χ4v) is 4.68. The van der Waals surface area contributed by atoms with Gasteiger partial charge >= 0.3 is 0 Å². The van der Waals surface area contributed by atoms with Crippen molar-refractivity contribution in [1.82, 2.24) is 10.2 Å². The van der Waals surface area contributed by atoms with E-state index in [4.69, 9.17) is 0 Å². The predicted octanol–water partition coefficient (Wildman–Crippen LogP) is 4.46. The van der Waals surface area contributed by atoms with Crippen LogP contribution < -0.4 is 5.32 Å². The van der Waals surface area contributed by atoms with Crippen LogP contribution in [0.1, 0.15) is 42.4 Å². The van der Waals surface area contributed by atoms with Crippen LogP contribution in [0.3, 0.4) is 0 Å². The van der Waals surface area contributed by atoms with Gasteiger partial charge < -0.3 is 10.2 Å². The van der Waals surface area contributed by atoms with Crippen molar-refractivity contribution in [2.45, 2.75) is 38.5 Å². The standard InChI is InChI=1S/C24H30N2O.ClH/c1-25-16-19-7-5-13-26(17-19)24(27)10-4-6-18-11-12-21-15-20-8-2-3-9-22(20)23(21)14-18;/h2-3,8-9,11-12,14,19,25H,4-7,10,13,15-17H2,1H3;1H. The summed E-state index contributed by atoms with van der Waals surface area (Å²) >= 11 is 0. The Bertz CT molecular complexity index is 818. The highest BCUT2D eigenvalue weighted by Gasteiger charge is 2.23. The number of hydrogen-bond donors (Lipinski definition) is 1. The second-order valence-electron chi connectivity index (χ2n) is 8.08. The zero-order valence-electron chi connectivity index (χ0n) is 16.7. The summed E-state index contributed by atoms with van der Waals surface area (Å²) in [4.78, 5) is 14.7. The van der Waals surface area contributed by atoms with E-state index in [9.17, 15) is 4.79 Å². The maximum absolute atomic E-state index is 12.6. The predicted molar refractivity (Wildman–Crippen MR) is 118 cm³/mol. The SMILES string of the molecule is CNCC1CCCN(C(=O)CCCc2ccc3c(c2)-c2ccccc2C3)C1.Cl. The number of carbonyl (C=O) groups excluding carboxylic acids is 1. The highest BCUT2D eigenvalue weighted by Crippen LogP contribution is 2.37. The number of fused-ring (bicyclic) bond motifs is 3. The zero-order chi connectivity index (χ0) is 18.6. The second-order valence-corrected chi connectivity index (χ2v) is 8.08. The van der Waals surface area contributed by atoms with E-state index in [0.717, 1.165) is 45.3 Å². The Morgan fingerprint density at radius 3 is 2.82 bits per heavy atom. The molecule has 1 aliphatic heterocycles. The Hall–Kier alpha value is -1.84. The molecule has 28 heavy (non-hydrogen) atoms. The van der Waals surface area contributed by atoms with Gasteiger partial charge in [0.15, 0.2) is 0 Å². The molecule has 3 nitrogen and oxygen atoms in total. The molecular weight excluding hydrogens is 368 g/mol. The first kappa shape index (κ1) is 20.9. The quantitative estimate of drug-likeness (QED) is 0.664. The summed E-state index contributed by atoms with van der Waals surface area (Å²) < 4.78 is 0. The normalized spacial score (nSPS) is 17.6.